The fourth-order valence-electron chi connectivity index (χ4n) is 3.43. The van der Waals surface area contributed by atoms with Gasteiger partial charge in [-0.2, -0.15) is 0 Å². The maximum atomic E-state index is 12.4. The van der Waals surface area contributed by atoms with Crippen LogP contribution in [-0.4, -0.2) is 30.8 Å². The number of amides is 1. The van der Waals surface area contributed by atoms with Crippen molar-refractivity contribution in [2.75, 3.05) is 19.8 Å². The lowest BCUT2D eigenvalue weighted by Crippen LogP contribution is -2.30. The van der Waals surface area contributed by atoms with Gasteiger partial charge < -0.3 is 15.2 Å². The molecule has 0 radical (unpaired) electrons. The quantitative estimate of drug-likeness (QED) is 0.814. The van der Waals surface area contributed by atoms with Crippen molar-refractivity contribution < 1.29 is 14.6 Å². The van der Waals surface area contributed by atoms with Gasteiger partial charge in [-0.1, -0.05) is 48.5 Å². The second kappa shape index (κ2) is 8.67. The zero-order valence-corrected chi connectivity index (χ0v) is 14.4. The third-order valence-electron chi connectivity index (χ3n) is 4.81. The molecule has 2 atom stereocenters. The van der Waals surface area contributed by atoms with Crippen molar-refractivity contribution in [3.63, 3.8) is 0 Å². The first-order valence-electron chi connectivity index (χ1n) is 8.92. The standard InChI is InChI=1S/C21H25NO3/c23-12-10-18(16-6-2-1-3-7-16)15-22-21(24)14-17-11-13-25-20-9-5-4-8-19(17)20/h1-9,17-18,23H,10-15H2,(H,22,24). The van der Waals surface area contributed by atoms with Gasteiger partial charge in [0, 0.05) is 25.5 Å². The Morgan fingerprint density at radius 3 is 2.72 bits per heavy atom. The molecule has 25 heavy (non-hydrogen) atoms. The zero-order chi connectivity index (χ0) is 17.5. The highest BCUT2D eigenvalue weighted by atomic mass is 16.5. The maximum Gasteiger partial charge on any atom is 0.220 e. The molecule has 2 aromatic carbocycles. The smallest absolute Gasteiger partial charge is 0.220 e. The van der Waals surface area contributed by atoms with Crippen LogP contribution in [0, 0.1) is 0 Å². The van der Waals surface area contributed by atoms with Gasteiger partial charge in [0.15, 0.2) is 0 Å². The van der Waals surface area contributed by atoms with Gasteiger partial charge in [-0.3, -0.25) is 4.79 Å². The number of benzene rings is 2. The number of rotatable bonds is 7. The normalized spacial score (nSPS) is 17.2. The summed E-state index contributed by atoms with van der Waals surface area (Å²) in [6, 6.07) is 18.0. The number of hydrogen-bond acceptors (Lipinski definition) is 3. The van der Waals surface area contributed by atoms with E-state index in [2.05, 4.69) is 5.32 Å². The molecule has 1 heterocycles. The Labute approximate surface area is 148 Å². The van der Waals surface area contributed by atoms with E-state index in [1.807, 2.05) is 54.6 Å². The van der Waals surface area contributed by atoms with E-state index in [9.17, 15) is 9.90 Å². The van der Waals surface area contributed by atoms with Gasteiger partial charge in [0.25, 0.3) is 0 Å². The van der Waals surface area contributed by atoms with Crippen LogP contribution < -0.4 is 10.1 Å². The first kappa shape index (κ1) is 17.5. The van der Waals surface area contributed by atoms with Crippen LogP contribution >= 0.6 is 0 Å². The number of fused-ring (bicyclic) bond motifs is 1. The van der Waals surface area contributed by atoms with Gasteiger partial charge in [-0.05, 0) is 36.0 Å². The molecule has 4 heteroatoms. The highest BCUT2D eigenvalue weighted by Gasteiger charge is 2.23. The highest BCUT2D eigenvalue weighted by Crippen LogP contribution is 2.35. The molecular formula is C21H25NO3. The second-order valence-electron chi connectivity index (χ2n) is 6.50. The van der Waals surface area contributed by atoms with Gasteiger partial charge in [0.05, 0.1) is 6.61 Å². The van der Waals surface area contributed by atoms with E-state index < -0.39 is 0 Å². The largest absolute Gasteiger partial charge is 0.493 e. The van der Waals surface area contributed by atoms with Gasteiger partial charge in [-0.15, -0.1) is 0 Å². The average molecular weight is 339 g/mol. The molecule has 0 aromatic heterocycles. The Hall–Kier alpha value is -2.33. The lowest BCUT2D eigenvalue weighted by atomic mass is 9.90. The van der Waals surface area contributed by atoms with Crippen molar-refractivity contribution in [2.24, 2.45) is 0 Å². The number of nitrogens with one attached hydrogen (secondary N) is 1. The topological polar surface area (TPSA) is 58.6 Å². The SMILES string of the molecule is O=C(CC1CCOc2ccccc21)NCC(CCO)c1ccccc1. The molecule has 1 aliphatic rings. The van der Waals surface area contributed by atoms with E-state index in [0.717, 1.165) is 23.3 Å². The molecule has 0 fully saturated rings. The molecule has 0 spiro atoms. The first-order valence-corrected chi connectivity index (χ1v) is 8.92. The predicted octanol–water partition coefficient (Wildman–Crippen LogP) is 3.23. The average Bonchev–Trinajstić information content (AvgIpc) is 2.66. The van der Waals surface area contributed by atoms with Crippen molar-refractivity contribution in [3.05, 3.63) is 65.7 Å². The van der Waals surface area contributed by atoms with Gasteiger partial charge >= 0.3 is 0 Å². The Kier molecular flexibility index (Phi) is 6.07. The van der Waals surface area contributed by atoms with Crippen LogP contribution in [0.25, 0.3) is 0 Å². The summed E-state index contributed by atoms with van der Waals surface area (Å²) in [5, 5.41) is 12.4. The predicted molar refractivity (Wildman–Crippen MR) is 97.8 cm³/mol. The van der Waals surface area contributed by atoms with Gasteiger partial charge in [0.1, 0.15) is 5.75 Å². The summed E-state index contributed by atoms with van der Waals surface area (Å²) in [6.07, 6.45) is 1.98. The van der Waals surface area contributed by atoms with Gasteiger partial charge in [-0.25, -0.2) is 0 Å². The summed E-state index contributed by atoms with van der Waals surface area (Å²) < 4.78 is 5.66. The number of aliphatic hydroxyl groups is 1. The second-order valence-corrected chi connectivity index (χ2v) is 6.50. The number of carbonyl (C=O) groups excluding carboxylic acids is 1. The van der Waals surface area contributed by atoms with Crippen LogP contribution in [0.5, 0.6) is 5.75 Å². The summed E-state index contributed by atoms with van der Waals surface area (Å²) in [5.41, 5.74) is 2.27. The minimum Gasteiger partial charge on any atom is -0.493 e. The maximum absolute atomic E-state index is 12.4. The van der Waals surface area contributed by atoms with E-state index in [1.165, 1.54) is 0 Å². The number of carbonyl (C=O) groups is 1. The summed E-state index contributed by atoms with van der Waals surface area (Å²) in [4.78, 5) is 12.4. The molecule has 3 rings (SSSR count). The molecule has 2 aromatic rings. The molecule has 2 unspecified atom stereocenters. The lowest BCUT2D eigenvalue weighted by Gasteiger charge is -2.25. The Balaban J connectivity index is 1.57. The van der Waals surface area contributed by atoms with E-state index in [0.29, 0.717) is 26.0 Å². The molecule has 0 saturated heterocycles. The molecule has 4 nitrogen and oxygen atoms in total. The van der Waals surface area contributed by atoms with E-state index in [-0.39, 0.29) is 24.3 Å². The Morgan fingerprint density at radius 2 is 1.92 bits per heavy atom. The molecular weight excluding hydrogens is 314 g/mol. The van der Waals surface area contributed by atoms with Crippen LogP contribution in [-0.2, 0) is 4.79 Å². The van der Waals surface area contributed by atoms with Crippen LogP contribution in [0.2, 0.25) is 0 Å². The van der Waals surface area contributed by atoms with Crippen molar-refractivity contribution in [1.29, 1.82) is 0 Å². The number of hydrogen-bond donors (Lipinski definition) is 2. The molecule has 0 aliphatic carbocycles. The molecule has 1 aliphatic heterocycles. The monoisotopic (exact) mass is 339 g/mol. The number of ether oxygens (including phenoxy) is 1. The van der Waals surface area contributed by atoms with Crippen molar-refractivity contribution in [3.8, 4) is 5.75 Å². The first-order chi connectivity index (χ1) is 12.3. The molecule has 0 saturated carbocycles. The van der Waals surface area contributed by atoms with Gasteiger partial charge in [0.2, 0.25) is 5.91 Å². The van der Waals surface area contributed by atoms with Crippen LogP contribution in [0.3, 0.4) is 0 Å². The van der Waals surface area contributed by atoms with Crippen LogP contribution in [0.4, 0.5) is 0 Å². The van der Waals surface area contributed by atoms with Crippen molar-refractivity contribution in [2.45, 2.75) is 31.1 Å². The molecule has 1 amide bonds. The van der Waals surface area contributed by atoms with Crippen LogP contribution in [0.1, 0.15) is 42.2 Å². The minimum atomic E-state index is 0.0561. The summed E-state index contributed by atoms with van der Waals surface area (Å²) in [5.74, 6) is 1.30. The highest BCUT2D eigenvalue weighted by molar-refractivity contribution is 5.77. The summed E-state index contributed by atoms with van der Waals surface area (Å²) in [6.45, 7) is 1.32. The van der Waals surface area contributed by atoms with E-state index >= 15 is 0 Å². The third-order valence-corrected chi connectivity index (χ3v) is 4.81. The molecule has 0 bridgehead atoms. The minimum absolute atomic E-state index is 0.0561. The third kappa shape index (κ3) is 4.60. The van der Waals surface area contributed by atoms with E-state index in [4.69, 9.17) is 4.74 Å². The fourth-order valence-corrected chi connectivity index (χ4v) is 3.43. The zero-order valence-electron chi connectivity index (χ0n) is 14.4. The van der Waals surface area contributed by atoms with Crippen LogP contribution in [0.15, 0.2) is 54.6 Å². The van der Waals surface area contributed by atoms with E-state index in [1.54, 1.807) is 0 Å². The molecule has 2 N–H and O–H groups in total. The Morgan fingerprint density at radius 1 is 1.16 bits per heavy atom. The Bertz CT molecular complexity index is 687. The molecule has 132 valence electrons. The summed E-state index contributed by atoms with van der Waals surface area (Å²) in [7, 11) is 0. The fraction of sp³-hybridized carbons (Fsp3) is 0.381. The number of aliphatic hydroxyl groups excluding tert-OH is 1. The lowest BCUT2D eigenvalue weighted by molar-refractivity contribution is -0.121. The number of para-hydroxylation sites is 1. The summed E-state index contributed by atoms with van der Waals surface area (Å²) >= 11 is 0. The van der Waals surface area contributed by atoms with Crippen molar-refractivity contribution in [1.82, 2.24) is 5.32 Å². The van der Waals surface area contributed by atoms with Crippen molar-refractivity contribution >= 4 is 5.91 Å².